The van der Waals surface area contributed by atoms with Crippen LogP contribution in [0.2, 0.25) is 5.02 Å². The van der Waals surface area contributed by atoms with Crippen molar-refractivity contribution in [2.75, 3.05) is 19.6 Å². The van der Waals surface area contributed by atoms with Crippen LogP contribution in [0.1, 0.15) is 41.9 Å². The molecule has 2 heterocycles. The van der Waals surface area contributed by atoms with Crippen LogP contribution >= 0.6 is 11.6 Å². The maximum atomic E-state index is 12.4. The summed E-state index contributed by atoms with van der Waals surface area (Å²) in [6.07, 6.45) is 4.06. The third-order valence-electron chi connectivity index (χ3n) is 4.69. The maximum Gasteiger partial charge on any atom is 0.251 e. The van der Waals surface area contributed by atoms with Crippen molar-refractivity contribution in [1.82, 2.24) is 10.2 Å². The molecule has 1 fully saturated rings. The summed E-state index contributed by atoms with van der Waals surface area (Å²) in [5.74, 6) is 1.58. The number of carbonyl (C=O) groups is 1. The fraction of sp³-hybridized carbons (Fsp3) is 0.421. The molecule has 4 nitrogen and oxygen atoms in total. The predicted octanol–water partition coefficient (Wildman–Crippen LogP) is 4.14. The van der Waals surface area contributed by atoms with Gasteiger partial charge >= 0.3 is 0 Å². The minimum absolute atomic E-state index is 0.0729. The number of piperidine rings is 1. The zero-order valence-corrected chi connectivity index (χ0v) is 14.6. The van der Waals surface area contributed by atoms with Gasteiger partial charge in [-0.15, -0.1) is 0 Å². The number of amides is 1. The molecule has 0 spiro atoms. The lowest BCUT2D eigenvalue weighted by atomic mass is 9.97. The molecular weight excluding hydrogens is 324 g/mol. The molecule has 1 aliphatic heterocycles. The lowest BCUT2D eigenvalue weighted by Gasteiger charge is -2.35. The quantitative estimate of drug-likeness (QED) is 0.885. The van der Waals surface area contributed by atoms with Gasteiger partial charge in [0.25, 0.3) is 5.91 Å². The number of nitrogens with zero attached hydrogens (tertiary/aromatic N) is 1. The van der Waals surface area contributed by atoms with Crippen molar-refractivity contribution >= 4 is 17.5 Å². The van der Waals surface area contributed by atoms with Crippen LogP contribution in [-0.2, 0) is 0 Å². The highest BCUT2D eigenvalue weighted by Gasteiger charge is 2.26. The van der Waals surface area contributed by atoms with Crippen molar-refractivity contribution in [2.24, 2.45) is 5.92 Å². The Bertz CT molecular complexity index is 647. The number of furan rings is 1. The zero-order valence-electron chi connectivity index (χ0n) is 13.9. The summed E-state index contributed by atoms with van der Waals surface area (Å²) in [6, 6.07) is 10.9. The number of benzene rings is 1. The van der Waals surface area contributed by atoms with E-state index in [4.69, 9.17) is 16.0 Å². The monoisotopic (exact) mass is 346 g/mol. The van der Waals surface area contributed by atoms with E-state index in [2.05, 4.69) is 17.1 Å². The van der Waals surface area contributed by atoms with Crippen molar-refractivity contribution in [3.8, 4) is 0 Å². The molecule has 1 aromatic carbocycles. The lowest BCUT2D eigenvalue weighted by molar-refractivity contribution is 0.0895. The summed E-state index contributed by atoms with van der Waals surface area (Å²) in [4.78, 5) is 14.8. The van der Waals surface area contributed by atoms with Crippen LogP contribution in [0, 0.1) is 5.92 Å². The molecule has 1 aromatic heterocycles. The third kappa shape index (κ3) is 4.19. The van der Waals surface area contributed by atoms with E-state index in [1.807, 2.05) is 12.1 Å². The number of likely N-dealkylation sites (tertiary alicyclic amines) is 1. The number of hydrogen-bond donors (Lipinski definition) is 1. The molecule has 1 N–H and O–H groups in total. The van der Waals surface area contributed by atoms with Crippen LogP contribution in [0.15, 0.2) is 47.1 Å². The van der Waals surface area contributed by atoms with Crippen molar-refractivity contribution in [3.63, 3.8) is 0 Å². The highest BCUT2D eigenvalue weighted by atomic mass is 35.5. The second-order valence-electron chi connectivity index (χ2n) is 6.47. The predicted molar refractivity (Wildman–Crippen MR) is 95.2 cm³/mol. The summed E-state index contributed by atoms with van der Waals surface area (Å²) in [7, 11) is 0. The Balaban J connectivity index is 1.66. The number of hydrogen-bond acceptors (Lipinski definition) is 3. The molecule has 2 aromatic rings. The highest BCUT2D eigenvalue weighted by molar-refractivity contribution is 6.30. The van der Waals surface area contributed by atoms with Crippen molar-refractivity contribution in [1.29, 1.82) is 0 Å². The Morgan fingerprint density at radius 3 is 2.62 bits per heavy atom. The normalized spacial score (nSPS) is 17.6. The molecule has 24 heavy (non-hydrogen) atoms. The Kier molecular flexibility index (Phi) is 5.59. The Morgan fingerprint density at radius 1 is 1.29 bits per heavy atom. The molecule has 1 atom stereocenters. The Morgan fingerprint density at radius 2 is 2.00 bits per heavy atom. The van der Waals surface area contributed by atoms with Gasteiger partial charge in [-0.3, -0.25) is 9.69 Å². The molecule has 0 radical (unpaired) electrons. The van der Waals surface area contributed by atoms with E-state index in [1.54, 1.807) is 30.5 Å². The summed E-state index contributed by atoms with van der Waals surface area (Å²) in [5, 5.41) is 3.66. The largest absolute Gasteiger partial charge is 0.468 e. The number of carbonyl (C=O) groups excluding carboxylic acids is 1. The van der Waals surface area contributed by atoms with E-state index in [-0.39, 0.29) is 11.9 Å². The van der Waals surface area contributed by atoms with Gasteiger partial charge in [0.05, 0.1) is 12.3 Å². The van der Waals surface area contributed by atoms with E-state index in [0.29, 0.717) is 17.1 Å². The summed E-state index contributed by atoms with van der Waals surface area (Å²) >= 11 is 5.87. The molecule has 0 bridgehead atoms. The van der Waals surface area contributed by atoms with Crippen LogP contribution < -0.4 is 5.32 Å². The van der Waals surface area contributed by atoms with E-state index in [1.165, 1.54) is 12.8 Å². The van der Waals surface area contributed by atoms with Crippen LogP contribution in [0.25, 0.3) is 0 Å². The number of rotatable bonds is 5. The molecule has 1 saturated heterocycles. The van der Waals surface area contributed by atoms with Crippen molar-refractivity contribution in [3.05, 3.63) is 59.0 Å². The van der Waals surface area contributed by atoms with Crippen LogP contribution in [-0.4, -0.2) is 30.4 Å². The fourth-order valence-electron chi connectivity index (χ4n) is 3.12. The van der Waals surface area contributed by atoms with Gasteiger partial charge in [-0.1, -0.05) is 18.5 Å². The highest BCUT2D eigenvalue weighted by Crippen LogP contribution is 2.26. The third-order valence-corrected chi connectivity index (χ3v) is 4.94. The number of halogens is 1. The first-order chi connectivity index (χ1) is 11.6. The second kappa shape index (κ2) is 7.86. The summed E-state index contributed by atoms with van der Waals surface area (Å²) in [6.45, 7) is 4.89. The average Bonchev–Trinajstić information content (AvgIpc) is 3.11. The molecule has 0 saturated carbocycles. The average molecular weight is 347 g/mol. The van der Waals surface area contributed by atoms with Crippen LogP contribution in [0.5, 0.6) is 0 Å². The van der Waals surface area contributed by atoms with Crippen molar-refractivity contribution < 1.29 is 9.21 Å². The molecule has 1 amide bonds. The smallest absolute Gasteiger partial charge is 0.251 e. The van der Waals surface area contributed by atoms with Gasteiger partial charge in [0.2, 0.25) is 0 Å². The number of nitrogens with one attached hydrogen (secondary N) is 1. The van der Waals surface area contributed by atoms with Gasteiger partial charge in [0.1, 0.15) is 5.76 Å². The molecule has 3 rings (SSSR count). The second-order valence-corrected chi connectivity index (χ2v) is 6.90. The molecule has 0 aliphatic carbocycles. The molecule has 5 heteroatoms. The topological polar surface area (TPSA) is 45.5 Å². The van der Waals surface area contributed by atoms with Crippen molar-refractivity contribution in [2.45, 2.75) is 25.8 Å². The fourth-order valence-corrected chi connectivity index (χ4v) is 3.25. The van der Waals surface area contributed by atoms with Gasteiger partial charge in [-0.05, 0) is 68.2 Å². The van der Waals surface area contributed by atoms with Gasteiger partial charge < -0.3 is 9.73 Å². The SMILES string of the molecule is CC1CCN(C(CNC(=O)c2ccc(Cl)cc2)c2ccco2)CC1. The van der Waals surface area contributed by atoms with Gasteiger partial charge in [0, 0.05) is 17.1 Å². The van der Waals surface area contributed by atoms with Gasteiger partial charge in [-0.2, -0.15) is 0 Å². The zero-order chi connectivity index (χ0) is 16.9. The minimum atomic E-state index is -0.0893. The Hall–Kier alpha value is -1.78. The van der Waals surface area contributed by atoms with E-state index in [0.717, 1.165) is 24.8 Å². The van der Waals surface area contributed by atoms with E-state index in [9.17, 15) is 4.79 Å². The van der Waals surface area contributed by atoms with E-state index >= 15 is 0 Å². The molecule has 128 valence electrons. The first-order valence-corrected chi connectivity index (χ1v) is 8.82. The van der Waals surface area contributed by atoms with Crippen LogP contribution in [0.3, 0.4) is 0 Å². The minimum Gasteiger partial charge on any atom is -0.468 e. The first kappa shape index (κ1) is 17.1. The van der Waals surface area contributed by atoms with Crippen LogP contribution in [0.4, 0.5) is 0 Å². The van der Waals surface area contributed by atoms with E-state index < -0.39 is 0 Å². The summed E-state index contributed by atoms with van der Waals surface area (Å²) in [5.41, 5.74) is 0.616. The standard InChI is InChI=1S/C19H23ClN2O2/c1-14-8-10-22(11-9-14)17(18-3-2-12-24-18)13-21-19(23)15-4-6-16(20)7-5-15/h2-7,12,14,17H,8-11,13H2,1H3,(H,21,23). The summed E-state index contributed by atoms with van der Waals surface area (Å²) < 4.78 is 5.62. The van der Waals surface area contributed by atoms with Gasteiger partial charge in [-0.25, -0.2) is 0 Å². The molecule has 1 aliphatic rings. The Labute approximate surface area is 147 Å². The first-order valence-electron chi connectivity index (χ1n) is 8.44. The van der Waals surface area contributed by atoms with Gasteiger partial charge in [0.15, 0.2) is 0 Å². The molecule has 1 unspecified atom stereocenters. The molecular formula is C19H23ClN2O2. The lowest BCUT2D eigenvalue weighted by Crippen LogP contribution is -2.41. The maximum absolute atomic E-state index is 12.4.